The molecule has 1 aliphatic rings. The lowest BCUT2D eigenvalue weighted by Crippen LogP contribution is -2.37. The molecule has 0 radical (unpaired) electrons. The minimum atomic E-state index is -0.405. The predicted molar refractivity (Wildman–Crippen MR) is 73.6 cm³/mol. The van der Waals surface area contributed by atoms with E-state index in [4.69, 9.17) is 0 Å². The van der Waals surface area contributed by atoms with Crippen molar-refractivity contribution < 1.29 is 14.0 Å². The maximum absolute atomic E-state index is 12.7. The Morgan fingerprint density at radius 1 is 1.15 bits per heavy atom. The zero-order chi connectivity index (χ0) is 14.4. The van der Waals surface area contributed by atoms with E-state index in [1.807, 2.05) is 18.2 Å². The normalized spacial score (nSPS) is 12.9. The molecule has 2 rings (SSSR count). The Labute approximate surface area is 116 Å². The zero-order valence-corrected chi connectivity index (χ0v) is 10.9. The van der Waals surface area contributed by atoms with Crippen LogP contribution in [0.1, 0.15) is 16.8 Å². The molecule has 0 heterocycles. The van der Waals surface area contributed by atoms with Crippen LogP contribution in [0.5, 0.6) is 0 Å². The first-order valence-corrected chi connectivity index (χ1v) is 6.31. The third-order valence-corrected chi connectivity index (χ3v) is 2.85. The van der Waals surface area contributed by atoms with E-state index in [9.17, 15) is 14.0 Å². The number of benzene rings is 1. The van der Waals surface area contributed by atoms with Crippen molar-refractivity contribution in [3.63, 3.8) is 0 Å². The Kier molecular flexibility index (Phi) is 4.65. The lowest BCUT2D eigenvalue weighted by molar-refractivity contribution is -0.119. The van der Waals surface area contributed by atoms with Crippen molar-refractivity contribution in [2.45, 2.75) is 6.42 Å². The van der Waals surface area contributed by atoms with Crippen LogP contribution in [0.4, 0.5) is 4.39 Å². The second-order valence-electron chi connectivity index (χ2n) is 4.38. The molecule has 0 bridgehead atoms. The topological polar surface area (TPSA) is 58.2 Å². The summed E-state index contributed by atoms with van der Waals surface area (Å²) in [5.74, 6) is -1.07. The van der Waals surface area contributed by atoms with Crippen LogP contribution in [0.25, 0.3) is 0 Å². The van der Waals surface area contributed by atoms with Crippen molar-refractivity contribution in [3.8, 4) is 0 Å². The molecule has 1 aliphatic carbocycles. The van der Waals surface area contributed by atoms with Crippen molar-refractivity contribution >= 4 is 11.8 Å². The van der Waals surface area contributed by atoms with Gasteiger partial charge in [0.2, 0.25) is 5.91 Å². The largest absolute Gasteiger partial charge is 0.351 e. The average molecular weight is 274 g/mol. The van der Waals surface area contributed by atoms with Crippen LogP contribution >= 0.6 is 0 Å². The van der Waals surface area contributed by atoms with E-state index < -0.39 is 11.7 Å². The molecule has 104 valence electrons. The zero-order valence-electron chi connectivity index (χ0n) is 10.9. The average Bonchev–Trinajstić information content (AvgIpc) is 2.96. The first kappa shape index (κ1) is 14.0. The monoisotopic (exact) mass is 274 g/mol. The van der Waals surface area contributed by atoms with Crippen molar-refractivity contribution in [2.75, 3.05) is 13.1 Å². The molecular formula is C15H15FN2O2. The highest BCUT2D eigenvalue weighted by Gasteiger charge is 2.08. The van der Waals surface area contributed by atoms with Crippen LogP contribution in [0.2, 0.25) is 0 Å². The molecule has 0 fully saturated rings. The van der Waals surface area contributed by atoms with Gasteiger partial charge in [-0.25, -0.2) is 4.39 Å². The van der Waals surface area contributed by atoms with Gasteiger partial charge < -0.3 is 10.6 Å². The number of carbonyl (C=O) groups excluding carboxylic acids is 2. The molecule has 0 atom stereocenters. The number of nitrogens with one attached hydrogen (secondary N) is 2. The maximum Gasteiger partial charge on any atom is 0.251 e. The van der Waals surface area contributed by atoms with Gasteiger partial charge in [-0.15, -0.1) is 0 Å². The molecule has 1 aromatic rings. The summed E-state index contributed by atoms with van der Waals surface area (Å²) in [5.41, 5.74) is 1.38. The van der Waals surface area contributed by atoms with Gasteiger partial charge >= 0.3 is 0 Å². The standard InChI is InChI=1S/C15H15FN2O2/c16-13-7-5-12(6-8-13)15(20)18-10-14(19)17-9-11-3-1-2-4-11/h1,3-8H,2,9-10H2,(H,17,19)(H,18,20). The fraction of sp³-hybridized carbons (Fsp3) is 0.200. The summed E-state index contributed by atoms with van der Waals surface area (Å²) in [6.07, 6.45) is 6.89. The fourth-order valence-electron chi connectivity index (χ4n) is 1.76. The van der Waals surface area contributed by atoms with Crippen LogP contribution in [0, 0.1) is 5.82 Å². The molecule has 0 saturated carbocycles. The number of amides is 2. The SMILES string of the molecule is O=C(CNC(=O)c1ccc(F)cc1)NCC1=CCC=C1. The summed E-state index contributed by atoms with van der Waals surface area (Å²) in [6.45, 7) is 0.356. The Bertz CT molecular complexity index is 562. The van der Waals surface area contributed by atoms with Gasteiger partial charge in [0.1, 0.15) is 5.82 Å². The number of rotatable bonds is 5. The number of allylic oxidation sites excluding steroid dienone is 2. The lowest BCUT2D eigenvalue weighted by Gasteiger charge is -2.07. The first-order chi connectivity index (χ1) is 9.65. The minimum absolute atomic E-state index is 0.104. The molecule has 0 saturated heterocycles. The van der Waals surface area contributed by atoms with E-state index >= 15 is 0 Å². The first-order valence-electron chi connectivity index (χ1n) is 6.31. The Balaban J connectivity index is 1.73. The molecule has 0 aliphatic heterocycles. The van der Waals surface area contributed by atoms with E-state index in [0.29, 0.717) is 12.1 Å². The van der Waals surface area contributed by atoms with E-state index in [1.165, 1.54) is 24.3 Å². The molecule has 2 amide bonds. The highest BCUT2D eigenvalue weighted by atomic mass is 19.1. The van der Waals surface area contributed by atoms with Gasteiger partial charge in [0.25, 0.3) is 5.91 Å². The summed E-state index contributed by atoms with van der Waals surface area (Å²) >= 11 is 0. The summed E-state index contributed by atoms with van der Waals surface area (Å²) in [7, 11) is 0. The molecule has 4 nitrogen and oxygen atoms in total. The van der Waals surface area contributed by atoms with Gasteiger partial charge in [-0.05, 0) is 36.3 Å². The summed E-state index contributed by atoms with van der Waals surface area (Å²) in [6, 6.07) is 5.15. The van der Waals surface area contributed by atoms with Crippen LogP contribution < -0.4 is 10.6 Å². The van der Waals surface area contributed by atoms with Gasteiger partial charge in [-0.2, -0.15) is 0 Å². The molecule has 5 heteroatoms. The lowest BCUT2D eigenvalue weighted by atomic mass is 10.2. The number of hydrogen-bond acceptors (Lipinski definition) is 2. The van der Waals surface area contributed by atoms with E-state index in [0.717, 1.165) is 12.0 Å². The van der Waals surface area contributed by atoms with E-state index in [2.05, 4.69) is 10.6 Å². The minimum Gasteiger partial charge on any atom is -0.351 e. The summed E-state index contributed by atoms with van der Waals surface area (Å²) in [4.78, 5) is 23.2. The Morgan fingerprint density at radius 2 is 1.90 bits per heavy atom. The van der Waals surface area contributed by atoms with Crippen molar-refractivity contribution in [1.82, 2.24) is 10.6 Å². The number of halogens is 1. The van der Waals surface area contributed by atoms with Gasteiger partial charge in [0, 0.05) is 12.1 Å². The van der Waals surface area contributed by atoms with Crippen LogP contribution in [-0.4, -0.2) is 24.9 Å². The predicted octanol–water partition coefficient (Wildman–Crippen LogP) is 1.56. The number of hydrogen-bond donors (Lipinski definition) is 2. The second kappa shape index (κ2) is 6.65. The third kappa shape index (κ3) is 4.05. The van der Waals surface area contributed by atoms with Crippen LogP contribution in [0.15, 0.2) is 48.1 Å². The van der Waals surface area contributed by atoms with Crippen LogP contribution in [-0.2, 0) is 4.79 Å². The molecule has 0 aromatic heterocycles. The molecule has 0 unspecified atom stereocenters. The quantitative estimate of drug-likeness (QED) is 0.856. The molecule has 1 aromatic carbocycles. The number of carbonyl (C=O) groups is 2. The van der Waals surface area contributed by atoms with Gasteiger partial charge in [0.15, 0.2) is 0 Å². The fourth-order valence-corrected chi connectivity index (χ4v) is 1.76. The van der Waals surface area contributed by atoms with E-state index in [-0.39, 0.29) is 12.5 Å². The molecule has 0 spiro atoms. The highest BCUT2D eigenvalue weighted by Crippen LogP contribution is 2.06. The second-order valence-corrected chi connectivity index (χ2v) is 4.38. The summed E-state index contributed by atoms with van der Waals surface area (Å²) in [5, 5.41) is 5.19. The van der Waals surface area contributed by atoms with E-state index in [1.54, 1.807) is 0 Å². The van der Waals surface area contributed by atoms with Gasteiger partial charge in [0.05, 0.1) is 6.54 Å². The molecular weight excluding hydrogens is 259 g/mol. The molecule has 20 heavy (non-hydrogen) atoms. The van der Waals surface area contributed by atoms with Crippen LogP contribution in [0.3, 0.4) is 0 Å². The maximum atomic E-state index is 12.7. The summed E-state index contributed by atoms with van der Waals surface area (Å²) < 4.78 is 12.7. The van der Waals surface area contributed by atoms with Gasteiger partial charge in [-0.1, -0.05) is 18.2 Å². The third-order valence-electron chi connectivity index (χ3n) is 2.85. The smallest absolute Gasteiger partial charge is 0.251 e. The highest BCUT2D eigenvalue weighted by molar-refractivity contribution is 5.96. The molecule has 2 N–H and O–H groups in total. The van der Waals surface area contributed by atoms with Crippen molar-refractivity contribution in [1.29, 1.82) is 0 Å². The van der Waals surface area contributed by atoms with Gasteiger partial charge in [-0.3, -0.25) is 9.59 Å². The Morgan fingerprint density at radius 3 is 2.55 bits per heavy atom. The Hall–Kier alpha value is -2.43. The van der Waals surface area contributed by atoms with Crippen molar-refractivity contribution in [3.05, 3.63) is 59.4 Å². The van der Waals surface area contributed by atoms with Crippen molar-refractivity contribution in [2.24, 2.45) is 0 Å².